The molecule has 0 atom stereocenters. The second-order valence-electron chi connectivity index (χ2n) is 7.45. The number of hydrogen-bond donors (Lipinski definition) is 0. The minimum Gasteiger partial charge on any atom is -0.497 e. The minimum atomic E-state index is -0.236. The fourth-order valence-corrected chi connectivity index (χ4v) is 4.22. The fraction of sp³-hybridized carbons (Fsp3) is 0.333. The average molecular weight is 421 g/mol. The first-order valence-corrected chi connectivity index (χ1v) is 10.5. The van der Waals surface area contributed by atoms with Gasteiger partial charge < -0.3 is 19.3 Å². The molecule has 31 heavy (non-hydrogen) atoms. The summed E-state index contributed by atoms with van der Waals surface area (Å²) in [5.41, 5.74) is 2.74. The van der Waals surface area contributed by atoms with Crippen LogP contribution in [-0.4, -0.2) is 68.6 Å². The van der Waals surface area contributed by atoms with Gasteiger partial charge in [-0.3, -0.25) is 14.5 Å². The molecular formula is C24H27N3O4. The van der Waals surface area contributed by atoms with Crippen molar-refractivity contribution in [2.45, 2.75) is 6.92 Å². The van der Waals surface area contributed by atoms with Gasteiger partial charge in [0.15, 0.2) is 0 Å². The van der Waals surface area contributed by atoms with Crippen molar-refractivity contribution in [3.63, 3.8) is 0 Å². The van der Waals surface area contributed by atoms with Crippen LogP contribution in [0.3, 0.4) is 0 Å². The number of benzene rings is 2. The predicted molar refractivity (Wildman–Crippen MR) is 119 cm³/mol. The highest BCUT2D eigenvalue weighted by Crippen LogP contribution is 2.34. The van der Waals surface area contributed by atoms with Gasteiger partial charge in [0.25, 0.3) is 11.8 Å². The number of rotatable bonds is 6. The molecule has 0 saturated carbocycles. The number of piperazine rings is 1. The number of hydrogen-bond acceptors (Lipinski definition) is 6. The van der Waals surface area contributed by atoms with E-state index < -0.39 is 0 Å². The van der Waals surface area contributed by atoms with Crippen LogP contribution in [0.1, 0.15) is 12.5 Å². The Morgan fingerprint density at radius 2 is 1.45 bits per heavy atom. The number of ether oxygens (including phenoxy) is 2. The topological polar surface area (TPSA) is 62.3 Å². The van der Waals surface area contributed by atoms with Crippen molar-refractivity contribution < 1.29 is 19.1 Å². The Balaban J connectivity index is 1.63. The third-order valence-corrected chi connectivity index (χ3v) is 5.86. The van der Waals surface area contributed by atoms with Crippen molar-refractivity contribution in [1.82, 2.24) is 9.80 Å². The van der Waals surface area contributed by atoms with E-state index in [0.29, 0.717) is 36.7 Å². The van der Waals surface area contributed by atoms with Gasteiger partial charge in [-0.05, 0) is 36.8 Å². The number of amides is 2. The maximum Gasteiger partial charge on any atom is 0.277 e. The van der Waals surface area contributed by atoms with Crippen LogP contribution in [0.5, 0.6) is 11.5 Å². The van der Waals surface area contributed by atoms with Crippen LogP contribution in [0.25, 0.3) is 5.57 Å². The molecule has 2 aliphatic rings. The lowest BCUT2D eigenvalue weighted by Gasteiger charge is -2.38. The van der Waals surface area contributed by atoms with E-state index in [1.54, 1.807) is 14.2 Å². The number of likely N-dealkylation sites (N-methyl/N-ethyl adjacent to an activating group) is 1. The van der Waals surface area contributed by atoms with Gasteiger partial charge in [0.05, 0.1) is 25.5 Å². The third kappa shape index (κ3) is 3.71. The van der Waals surface area contributed by atoms with Crippen LogP contribution in [0, 0.1) is 0 Å². The fourth-order valence-electron chi connectivity index (χ4n) is 4.22. The molecule has 2 aromatic rings. The zero-order valence-electron chi connectivity index (χ0n) is 18.1. The van der Waals surface area contributed by atoms with E-state index >= 15 is 0 Å². The molecule has 2 aliphatic heterocycles. The average Bonchev–Trinajstić information content (AvgIpc) is 3.08. The highest BCUT2D eigenvalue weighted by molar-refractivity contribution is 6.35. The number of methoxy groups -OCH3 is 2. The van der Waals surface area contributed by atoms with Gasteiger partial charge in [0.2, 0.25) is 0 Å². The van der Waals surface area contributed by atoms with Crippen LogP contribution in [0.15, 0.2) is 54.2 Å². The van der Waals surface area contributed by atoms with Gasteiger partial charge in [-0.1, -0.05) is 24.3 Å². The van der Waals surface area contributed by atoms with Gasteiger partial charge in [-0.15, -0.1) is 0 Å². The Labute approximate surface area is 182 Å². The second kappa shape index (κ2) is 8.71. The first-order valence-electron chi connectivity index (χ1n) is 10.5. The van der Waals surface area contributed by atoms with Crippen molar-refractivity contribution in [3.05, 3.63) is 59.8 Å². The Morgan fingerprint density at radius 1 is 0.806 bits per heavy atom. The number of anilines is 1. The monoisotopic (exact) mass is 421 g/mol. The van der Waals surface area contributed by atoms with E-state index in [2.05, 4.69) is 4.90 Å². The second-order valence-corrected chi connectivity index (χ2v) is 7.45. The van der Waals surface area contributed by atoms with Gasteiger partial charge in [-0.2, -0.15) is 0 Å². The van der Waals surface area contributed by atoms with E-state index in [-0.39, 0.29) is 11.8 Å². The van der Waals surface area contributed by atoms with E-state index in [4.69, 9.17) is 9.47 Å². The van der Waals surface area contributed by atoms with E-state index in [1.807, 2.05) is 60.4 Å². The molecule has 0 unspecified atom stereocenters. The van der Waals surface area contributed by atoms with Crippen molar-refractivity contribution in [2.24, 2.45) is 0 Å². The molecule has 0 radical (unpaired) electrons. The zero-order chi connectivity index (χ0) is 22.0. The number of para-hydroxylation sites is 2. The summed E-state index contributed by atoms with van der Waals surface area (Å²) < 4.78 is 10.7. The van der Waals surface area contributed by atoms with Crippen LogP contribution >= 0.6 is 0 Å². The molecule has 1 saturated heterocycles. The molecule has 7 nitrogen and oxygen atoms in total. The highest BCUT2D eigenvalue weighted by Gasteiger charge is 2.41. The molecule has 0 bridgehead atoms. The summed E-state index contributed by atoms with van der Waals surface area (Å²) in [6.07, 6.45) is 0. The summed E-state index contributed by atoms with van der Waals surface area (Å²) in [7, 11) is 3.27. The summed E-state index contributed by atoms with van der Waals surface area (Å²) in [5, 5.41) is 0. The van der Waals surface area contributed by atoms with Gasteiger partial charge in [0.1, 0.15) is 17.2 Å². The zero-order valence-corrected chi connectivity index (χ0v) is 18.1. The molecule has 162 valence electrons. The molecule has 2 amide bonds. The number of nitrogens with zero attached hydrogens (tertiary/aromatic N) is 3. The lowest BCUT2D eigenvalue weighted by Crippen LogP contribution is -2.47. The maximum absolute atomic E-state index is 13.2. The summed E-state index contributed by atoms with van der Waals surface area (Å²) in [6.45, 7) is 4.92. The molecule has 1 fully saturated rings. The first kappa shape index (κ1) is 20.8. The van der Waals surface area contributed by atoms with Gasteiger partial charge >= 0.3 is 0 Å². The standard InChI is InChI=1S/C24H27N3O4/c1-4-27-23(28)21(17-9-11-18(30-2)12-10-17)22(24(27)29)26-15-13-25(14-16-26)19-7-5-6-8-20(19)31-3/h5-12H,4,13-16H2,1-3H3. The molecule has 0 N–H and O–H groups in total. The van der Waals surface area contributed by atoms with E-state index in [9.17, 15) is 9.59 Å². The molecule has 7 heteroatoms. The normalized spacial score (nSPS) is 16.9. The van der Waals surface area contributed by atoms with Crippen molar-refractivity contribution >= 4 is 23.1 Å². The van der Waals surface area contributed by atoms with Crippen molar-refractivity contribution in [3.8, 4) is 11.5 Å². The van der Waals surface area contributed by atoms with Crippen LogP contribution in [0.4, 0.5) is 5.69 Å². The molecular weight excluding hydrogens is 394 g/mol. The summed E-state index contributed by atoms with van der Waals surface area (Å²) in [6, 6.07) is 15.2. The summed E-state index contributed by atoms with van der Waals surface area (Å²) in [5.74, 6) is 1.09. The smallest absolute Gasteiger partial charge is 0.277 e. The van der Waals surface area contributed by atoms with Crippen molar-refractivity contribution in [2.75, 3.05) is 51.8 Å². The SMILES string of the molecule is CCN1C(=O)C(c2ccc(OC)cc2)=C(N2CCN(c3ccccc3OC)CC2)C1=O. The Bertz CT molecular complexity index is 1010. The highest BCUT2D eigenvalue weighted by atomic mass is 16.5. The van der Waals surface area contributed by atoms with E-state index in [0.717, 1.165) is 30.1 Å². The number of carbonyl (C=O) groups excluding carboxylic acids is 2. The van der Waals surface area contributed by atoms with Crippen LogP contribution < -0.4 is 14.4 Å². The minimum absolute atomic E-state index is 0.218. The molecule has 0 aliphatic carbocycles. The molecule has 4 rings (SSSR count). The Hall–Kier alpha value is -3.48. The third-order valence-electron chi connectivity index (χ3n) is 5.86. The molecule has 0 aromatic heterocycles. The van der Waals surface area contributed by atoms with Crippen LogP contribution in [0.2, 0.25) is 0 Å². The van der Waals surface area contributed by atoms with Crippen LogP contribution in [-0.2, 0) is 9.59 Å². The summed E-state index contributed by atoms with van der Waals surface area (Å²) >= 11 is 0. The van der Waals surface area contributed by atoms with Gasteiger partial charge in [-0.25, -0.2) is 0 Å². The Morgan fingerprint density at radius 3 is 2.06 bits per heavy atom. The molecule has 2 aromatic carbocycles. The quantitative estimate of drug-likeness (QED) is 0.669. The maximum atomic E-state index is 13.2. The Kier molecular flexibility index (Phi) is 5.84. The largest absolute Gasteiger partial charge is 0.497 e. The number of carbonyl (C=O) groups is 2. The molecule has 2 heterocycles. The van der Waals surface area contributed by atoms with Gasteiger partial charge in [0, 0.05) is 32.7 Å². The lowest BCUT2D eigenvalue weighted by atomic mass is 10.0. The molecule has 0 spiro atoms. The van der Waals surface area contributed by atoms with Crippen molar-refractivity contribution in [1.29, 1.82) is 0 Å². The predicted octanol–water partition coefficient (Wildman–Crippen LogP) is 2.63. The summed E-state index contributed by atoms with van der Waals surface area (Å²) in [4.78, 5) is 31.9. The first-order chi connectivity index (χ1) is 15.1. The number of imide groups is 1. The lowest BCUT2D eigenvalue weighted by molar-refractivity contribution is -0.137. The van der Waals surface area contributed by atoms with E-state index in [1.165, 1.54) is 4.90 Å².